The van der Waals surface area contributed by atoms with E-state index in [1.807, 2.05) is 0 Å². The number of hydrogen-bond donors (Lipinski definition) is 1. The maximum atomic E-state index is 14.2. The van der Waals surface area contributed by atoms with Crippen molar-refractivity contribution in [3.8, 4) is 5.75 Å². The molecule has 7 heteroatoms. The fourth-order valence-corrected chi connectivity index (χ4v) is 5.48. The minimum Gasteiger partial charge on any atom is -0.493 e. The standard InChI is InChI=1S/C21H27FN2O4/c1-4-12-11-24-8-7-21(16(24)9-13(12)10-17(25)27-2)20(26)18-15(23-21)6-5-14(22)19(18)28-3/h5-6,12-13,16,23H,4,7-11H2,1-3H3/t12-,13-,16-,21?/m1/s1. The highest BCUT2D eigenvalue weighted by Crippen LogP contribution is 2.50. The number of carbonyl (C=O) groups is 2. The van der Waals surface area contributed by atoms with Crippen molar-refractivity contribution < 1.29 is 23.5 Å². The van der Waals surface area contributed by atoms with E-state index in [1.165, 1.54) is 20.3 Å². The van der Waals surface area contributed by atoms with Crippen molar-refractivity contribution in [3.63, 3.8) is 0 Å². The molecule has 1 spiro atoms. The first-order chi connectivity index (χ1) is 13.4. The molecule has 0 saturated carbocycles. The van der Waals surface area contributed by atoms with Crippen molar-refractivity contribution in [1.82, 2.24) is 4.90 Å². The van der Waals surface area contributed by atoms with Crippen LogP contribution in [0.2, 0.25) is 0 Å². The van der Waals surface area contributed by atoms with E-state index in [4.69, 9.17) is 9.47 Å². The minimum atomic E-state index is -0.781. The van der Waals surface area contributed by atoms with E-state index < -0.39 is 11.4 Å². The highest BCUT2D eigenvalue weighted by molar-refractivity contribution is 6.16. The van der Waals surface area contributed by atoms with Crippen LogP contribution < -0.4 is 10.1 Å². The van der Waals surface area contributed by atoms with Gasteiger partial charge in [-0.15, -0.1) is 0 Å². The van der Waals surface area contributed by atoms with Gasteiger partial charge in [0.15, 0.2) is 17.3 Å². The van der Waals surface area contributed by atoms with Gasteiger partial charge >= 0.3 is 5.97 Å². The van der Waals surface area contributed by atoms with Gasteiger partial charge < -0.3 is 14.8 Å². The van der Waals surface area contributed by atoms with E-state index in [0.717, 1.165) is 25.9 Å². The number of nitrogens with zero attached hydrogens (tertiary/aromatic N) is 1. The highest BCUT2D eigenvalue weighted by atomic mass is 19.1. The molecule has 1 unspecified atom stereocenters. The molecular weight excluding hydrogens is 363 g/mol. The van der Waals surface area contributed by atoms with Crippen LogP contribution in [0.25, 0.3) is 0 Å². The molecule has 6 nitrogen and oxygen atoms in total. The Hall–Kier alpha value is -2.15. The number of halogens is 1. The lowest BCUT2D eigenvalue weighted by Gasteiger charge is -2.44. The zero-order valence-electron chi connectivity index (χ0n) is 16.6. The molecule has 3 aliphatic heterocycles. The van der Waals surface area contributed by atoms with Crippen LogP contribution in [0.3, 0.4) is 0 Å². The molecule has 152 valence electrons. The third-order valence-corrected chi connectivity index (χ3v) is 6.95. The summed E-state index contributed by atoms with van der Waals surface area (Å²) >= 11 is 0. The molecule has 1 aromatic carbocycles. The van der Waals surface area contributed by atoms with Crippen molar-refractivity contribution in [3.05, 3.63) is 23.5 Å². The van der Waals surface area contributed by atoms with E-state index in [-0.39, 0.29) is 29.5 Å². The average molecular weight is 390 g/mol. The quantitative estimate of drug-likeness (QED) is 0.798. The number of ketones is 1. The number of Topliss-reactive ketones (excluding diaryl/α,β-unsaturated/α-hetero) is 1. The van der Waals surface area contributed by atoms with E-state index in [1.54, 1.807) is 6.07 Å². The van der Waals surface area contributed by atoms with Gasteiger partial charge in [0.2, 0.25) is 0 Å². The minimum absolute atomic E-state index is 0.0127. The summed E-state index contributed by atoms with van der Waals surface area (Å²) in [7, 11) is 2.80. The number of ether oxygens (including phenoxy) is 2. The van der Waals surface area contributed by atoms with Crippen LogP contribution in [0.5, 0.6) is 5.75 Å². The first kappa shape index (κ1) is 19.2. The number of esters is 1. The second kappa shape index (κ2) is 7.03. The Kier molecular flexibility index (Phi) is 4.81. The van der Waals surface area contributed by atoms with Gasteiger partial charge in [-0.3, -0.25) is 14.5 Å². The van der Waals surface area contributed by atoms with E-state index >= 15 is 0 Å². The Bertz CT molecular complexity index is 814. The first-order valence-electron chi connectivity index (χ1n) is 9.95. The van der Waals surface area contributed by atoms with Gasteiger partial charge in [-0.25, -0.2) is 4.39 Å². The summed E-state index contributed by atoms with van der Waals surface area (Å²) in [5, 5.41) is 3.43. The lowest BCUT2D eigenvalue weighted by molar-refractivity contribution is -0.143. The van der Waals surface area contributed by atoms with Crippen LogP contribution >= 0.6 is 0 Å². The second-order valence-corrected chi connectivity index (χ2v) is 8.13. The van der Waals surface area contributed by atoms with Crippen LogP contribution in [-0.2, 0) is 9.53 Å². The van der Waals surface area contributed by atoms with Crippen LogP contribution in [0.1, 0.15) is 43.0 Å². The summed E-state index contributed by atoms with van der Waals surface area (Å²) in [6, 6.07) is 2.92. The molecule has 1 aromatic rings. The van der Waals surface area contributed by atoms with Gasteiger partial charge in [0, 0.05) is 31.2 Å². The number of nitrogens with one attached hydrogen (secondary N) is 1. The normalized spacial score (nSPS) is 31.4. The zero-order chi connectivity index (χ0) is 20.1. The number of anilines is 1. The fraction of sp³-hybridized carbons (Fsp3) is 0.619. The smallest absolute Gasteiger partial charge is 0.305 e. The van der Waals surface area contributed by atoms with Crippen molar-refractivity contribution in [2.75, 3.05) is 32.6 Å². The zero-order valence-corrected chi connectivity index (χ0v) is 16.6. The lowest BCUT2D eigenvalue weighted by atomic mass is 9.73. The molecule has 3 heterocycles. The van der Waals surface area contributed by atoms with Crippen molar-refractivity contribution in [2.45, 2.75) is 44.2 Å². The molecule has 0 aliphatic carbocycles. The topological polar surface area (TPSA) is 67.9 Å². The number of carbonyl (C=O) groups excluding carboxylic acids is 2. The van der Waals surface area contributed by atoms with Crippen LogP contribution in [0.4, 0.5) is 10.1 Å². The Morgan fingerprint density at radius 1 is 1.36 bits per heavy atom. The van der Waals surface area contributed by atoms with Gasteiger partial charge in [0.25, 0.3) is 0 Å². The predicted molar refractivity (Wildman–Crippen MR) is 102 cm³/mol. The number of rotatable bonds is 4. The molecule has 0 radical (unpaired) electrons. The Morgan fingerprint density at radius 3 is 2.82 bits per heavy atom. The summed E-state index contributed by atoms with van der Waals surface area (Å²) in [6.45, 7) is 3.81. The maximum Gasteiger partial charge on any atom is 0.305 e. The van der Waals surface area contributed by atoms with Crippen LogP contribution in [0, 0.1) is 17.7 Å². The summed E-state index contributed by atoms with van der Waals surface area (Å²) in [6.07, 6.45) is 2.76. The largest absolute Gasteiger partial charge is 0.493 e. The molecule has 28 heavy (non-hydrogen) atoms. The molecule has 0 amide bonds. The highest BCUT2D eigenvalue weighted by Gasteiger charge is 2.59. The maximum absolute atomic E-state index is 14.2. The first-order valence-corrected chi connectivity index (χ1v) is 9.95. The SMILES string of the molecule is CC[C@@H]1CN2CCC3(Nc4ccc(F)c(OC)c4C3=O)[C@H]2C[C@@H]1CC(=O)OC. The molecule has 4 rings (SSSR count). The summed E-state index contributed by atoms with van der Waals surface area (Å²) in [5.74, 6) is -0.248. The van der Waals surface area contributed by atoms with Crippen LogP contribution in [-0.4, -0.2) is 55.5 Å². The summed E-state index contributed by atoms with van der Waals surface area (Å²) in [5.41, 5.74) is 0.162. The third-order valence-electron chi connectivity index (χ3n) is 6.95. The van der Waals surface area contributed by atoms with Gasteiger partial charge in [-0.05, 0) is 36.8 Å². The van der Waals surface area contributed by atoms with E-state index in [0.29, 0.717) is 30.0 Å². The van der Waals surface area contributed by atoms with Gasteiger partial charge in [0.05, 0.1) is 19.8 Å². The fourth-order valence-electron chi connectivity index (χ4n) is 5.48. The molecule has 2 fully saturated rings. The number of benzene rings is 1. The van der Waals surface area contributed by atoms with E-state index in [9.17, 15) is 14.0 Å². The predicted octanol–water partition coefficient (Wildman–Crippen LogP) is 2.86. The number of piperidine rings is 1. The second-order valence-electron chi connectivity index (χ2n) is 8.13. The molecule has 0 aromatic heterocycles. The molecule has 0 bridgehead atoms. The van der Waals surface area contributed by atoms with Crippen molar-refractivity contribution in [2.24, 2.45) is 11.8 Å². The summed E-state index contributed by atoms with van der Waals surface area (Å²) in [4.78, 5) is 27.8. The Balaban J connectivity index is 1.67. The number of fused-ring (bicyclic) bond motifs is 3. The summed E-state index contributed by atoms with van der Waals surface area (Å²) < 4.78 is 24.3. The van der Waals surface area contributed by atoms with Gasteiger partial charge in [-0.1, -0.05) is 13.3 Å². The number of methoxy groups -OCH3 is 2. The number of hydrogen-bond acceptors (Lipinski definition) is 6. The van der Waals surface area contributed by atoms with Crippen molar-refractivity contribution in [1.29, 1.82) is 0 Å². The Labute approximate surface area is 164 Å². The molecule has 2 saturated heterocycles. The third kappa shape index (κ3) is 2.70. The molecule has 1 N–H and O–H groups in total. The molecular formula is C21H27FN2O4. The van der Waals surface area contributed by atoms with Crippen LogP contribution in [0.15, 0.2) is 12.1 Å². The monoisotopic (exact) mass is 390 g/mol. The Morgan fingerprint density at radius 2 is 2.14 bits per heavy atom. The van der Waals surface area contributed by atoms with E-state index in [2.05, 4.69) is 17.1 Å². The van der Waals surface area contributed by atoms with Crippen molar-refractivity contribution >= 4 is 17.4 Å². The average Bonchev–Trinajstić information content (AvgIpc) is 3.20. The lowest BCUT2D eigenvalue weighted by Crippen LogP contribution is -2.57. The van der Waals surface area contributed by atoms with Gasteiger partial charge in [-0.2, -0.15) is 0 Å². The molecule has 4 atom stereocenters. The molecule has 3 aliphatic rings. The van der Waals surface area contributed by atoms with Gasteiger partial charge in [0.1, 0.15) is 5.54 Å².